The largest absolute Gasteiger partial charge is 0.495 e. The van der Waals surface area contributed by atoms with Gasteiger partial charge in [-0.2, -0.15) is 0 Å². The van der Waals surface area contributed by atoms with Crippen molar-refractivity contribution in [3.05, 3.63) is 23.8 Å². The lowest BCUT2D eigenvalue weighted by Crippen LogP contribution is -2.41. The molecule has 0 heterocycles. The van der Waals surface area contributed by atoms with Gasteiger partial charge in [0.2, 0.25) is 5.91 Å². The average Bonchev–Trinajstić information content (AvgIpc) is 2.40. The van der Waals surface area contributed by atoms with Crippen molar-refractivity contribution in [1.29, 1.82) is 0 Å². The second-order valence-electron chi connectivity index (χ2n) is 4.08. The molecule has 0 N–H and O–H groups in total. The lowest BCUT2D eigenvalue weighted by atomic mass is 10.1. The van der Waals surface area contributed by atoms with E-state index in [2.05, 4.69) is 0 Å². The highest BCUT2D eigenvalue weighted by Crippen LogP contribution is 2.33. The first kappa shape index (κ1) is 15.8. The quantitative estimate of drug-likeness (QED) is 0.596. The van der Waals surface area contributed by atoms with Crippen LogP contribution in [0.4, 0.5) is 5.69 Å². The molecule has 5 heteroatoms. The van der Waals surface area contributed by atoms with E-state index >= 15 is 0 Å². The third-order valence-corrected chi connectivity index (χ3v) is 3.04. The summed E-state index contributed by atoms with van der Waals surface area (Å²) >= 11 is 5.70. The predicted molar refractivity (Wildman–Crippen MR) is 77.0 cm³/mol. The molecule has 1 atom stereocenters. The van der Waals surface area contributed by atoms with Crippen LogP contribution in [0.2, 0.25) is 0 Å². The number of halogens is 1. The Hall–Kier alpha value is -1.26. The molecule has 1 unspecified atom stereocenters. The summed E-state index contributed by atoms with van der Waals surface area (Å²) in [5.41, 5.74) is 1.64. The fraction of sp³-hybridized carbons (Fsp3) is 0.500. The maximum Gasteiger partial charge on any atom is 0.244 e. The van der Waals surface area contributed by atoms with Crippen LogP contribution in [0.1, 0.15) is 19.4 Å². The summed E-state index contributed by atoms with van der Waals surface area (Å²) in [6.07, 6.45) is -0.397. The topological polar surface area (TPSA) is 38.8 Å². The van der Waals surface area contributed by atoms with Crippen LogP contribution in [0.15, 0.2) is 18.2 Å². The van der Waals surface area contributed by atoms with Crippen molar-refractivity contribution in [2.75, 3.05) is 24.5 Å². The minimum absolute atomic E-state index is 0.102. The van der Waals surface area contributed by atoms with Crippen LogP contribution in [-0.4, -0.2) is 31.7 Å². The van der Waals surface area contributed by atoms with Gasteiger partial charge in [0.05, 0.1) is 12.8 Å². The number of para-hydroxylation sites is 1. The van der Waals surface area contributed by atoms with Crippen molar-refractivity contribution in [1.82, 2.24) is 0 Å². The van der Waals surface area contributed by atoms with Gasteiger partial charge in [0.25, 0.3) is 0 Å². The Balaban J connectivity index is 3.28. The van der Waals surface area contributed by atoms with E-state index < -0.39 is 6.23 Å². The maximum absolute atomic E-state index is 12.1. The van der Waals surface area contributed by atoms with E-state index in [0.717, 1.165) is 5.56 Å². The van der Waals surface area contributed by atoms with E-state index in [1.165, 1.54) is 0 Å². The van der Waals surface area contributed by atoms with Gasteiger partial charge in [-0.05, 0) is 32.4 Å². The first-order chi connectivity index (χ1) is 9.06. The first-order valence-electron chi connectivity index (χ1n) is 6.20. The van der Waals surface area contributed by atoms with Gasteiger partial charge in [-0.1, -0.05) is 12.1 Å². The van der Waals surface area contributed by atoms with Gasteiger partial charge < -0.3 is 9.47 Å². The summed E-state index contributed by atoms with van der Waals surface area (Å²) in [7, 11) is 1.58. The number of aryl methyl sites for hydroxylation is 1. The predicted octanol–water partition coefficient (Wildman–Crippen LogP) is 2.96. The van der Waals surface area contributed by atoms with Crippen molar-refractivity contribution >= 4 is 23.2 Å². The maximum atomic E-state index is 12.1. The Morgan fingerprint density at radius 3 is 2.68 bits per heavy atom. The Bertz CT molecular complexity index is 437. The number of carbonyl (C=O) groups is 1. The molecule has 0 bridgehead atoms. The molecule has 4 nitrogen and oxygen atoms in total. The summed E-state index contributed by atoms with van der Waals surface area (Å²) in [5, 5.41) is 0. The van der Waals surface area contributed by atoms with Crippen molar-refractivity contribution in [2.24, 2.45) is 0 Å². The SMILES string of the molecule is CCOC(C)N(C(=O)CCl)c1c(C)cccc1OC. The number of ether oxygens (including phenoxy) is 2. The molecule has 106 valence electrons. The molecular weight excluding hydrogens is 266 g/mol. The van der Waals surface area contributed by atoms with E-state index in [1.807, 2.05) is 39.0 Å². The number of hydrogen-bond donors (Lipinski definition) is 0. The first-order valence-corrected chi connectivity index (χ1v) is 6.73. The van der Waals surface area contributed by atoms with E-state index in [0.29, 0.717) is 18.0 Å². The standard InChI is InChI=1S/C14H20ClNO3/c1-5-19-11(3)16(13(17)9-15)14-10(2)7-6-8-12(14)18-4/h6-8,11H,5,9H2,1-4H3. The minimum atomic E-state index is -0.397. The van der Waals surface area contributed by atoms with Gasteiger partial charge in [-0.3, -0.25) is 9.69 Å². The molecule has 19 heavy (non-hydrogen) atoms. The number of benzene rings is 1. The Kier molecular flexibility index (Phi) is 6.12. The van der Waals surface area contributed by atoms with E-state index in [1.54, 1.807) is 12.0 Å². The van der Waals surface area contributed by atoms with E-state index in [9.17, 15) is 4.79 Å². The van der Waals surface area contributed by atoms with Crippen LogP contribution in [0.3, 0.4) is 0 Å². The molecule has 0 radical (unpaired) electrons. The monoisotopic (exact) mass is 285 g/mol. The van der Waals surface area contributed by atoms with Crippen molar-refractivity contribution in [3.8, 4) is 5.75 Å². The van der Waals surface area contributed by atoms with Gasteiger partial charge in [0.1, 0.15) is 17.9 Å². The number of hydrogen-bond acceptors (Lipinski definition) is 3. The van der Waals surface area contributed by atoms with Crippen molar-refractivity contribution in [3.63, 3.8) is 0 Å². The zero-order valence-electron chi connectivity index (χ0n) is 11.8. The second kappa shape index (κ2) is 7.36. The van der Waals surface area contributed by atoms with Crippen molar-refractivity contribution in [2.45, 2.75) is 27.0 Å². The van der Waals surface area contributed by atoms with Crippen LogP contribution in [0, 0.1) is 6.92 Å². The lowest BCUT2D eigenvalue weighted by Gasteiger charge is -2.30. The molecule has 0 aliphatic rings. The van der Waals surface area contributed by atoms with Crippen LogP contribution < -0.4 is 9.64 Å². The lowest BCUT2D eigenvalue weighted by molar-refractivity contribution is -0.118. The molecule has 1 aromatic rings. The number of amides is 1. The molecule has 0 saturated heterocycles. The van der Waals surface area contributed by atoms with E-state index in [4.69, 9.17) is 21.1 Å². The minimum Gasteiger partial charge on any atom is -0.495 e. The van der Waals surface area contributed by atoms with Crippen LogP contribution in [0.25, 0.3) is 0 Å². The van der Waals surface area contributed by atoms with E-state index in [-0.39, 0.29) is 11.8 Å². The number of methoxy groups -OCH3 is 1. The smallest absolute Gasteiger partial charge is 0.244 e. The van der Waals surface area contributed by atoms with Gasteiger partial charge in [0.15, 0.2) is 0 Å². The summed E-state index contributed by atoms with van der Waals surface area (Å²) in [5.74, 6) is 0.315. The van der Waals surface area contributed by atoms with Crippen molar-refractivity contribution < 1.29 is 14.3 Å². The molecule has 0 aliphatic heterocycles. The highest BCUT2D eigenvalue weighted by atomic mass is 35.5. The number of nitrogens with zero attached hydrogens (tertiary/aromatic N) is 1. The molecule has 1 rings (SSSR count). The Morgan fingerprint density at radius 1 is 1.47 bits per heavy atom. The van der Waals surface area contributed by atoms with Gasteiger partial charge in [-0.25, -0.2) is 0 Å². The summed E-state index contributed by atoms with van der Waals surface area (Å²) in [6.45, 7) is 6.14. The van der Waals surface area contributed by atoms with Gasteiger partial charge in [-0.15, -0.1) is 11.6 Å². The fourth-order valence-electron chi connectivity index (χ4n) is 1.99. The zero-order valence-corrected chi connectivity index (χ0v) is 12.5. The third kappa shape index (κ3) is 3.61. The molecule has 0 aliphatic carbocycles. The number of rotatable bonds is 6. The van der Waals surface area contributed by atoms with Crippen LogP contribution >= 0.6 is 11.6 Å². The molecule has 1 amide bonds. The van der Waals surface area contributed by atoms with Crippen LogP contribution in [-0.2, 0) is 9.53 Å². The number of anilines is 1. The highest BCUT2D eigenvalue weighted by Gasteiger charge is 2.25. The average molecular weight is 286 g/mol. The summed E-state index contributed by atoms with van der Waals surface area (Å²) in [4.78, 5) is 13.7. The fourth-order valence-corrected chi connectivity index (χ4v) is 2.12. The molecular formula is C14H20ClNO3. The second-order valence-corrected chi connectivity index (χ2v) is 4.35. The molecule has 0 spiro atoms. The summed E-state index contributed by atoms with van der Waals surface area (Å²) < 4.78 is 10.9. The zero-order chi connectivity index (χ0) is 14.4. The summed E-state index contributed by atoms with van der Waals surface area (Å²) in [6, 6.07) is 5.62. The molecule has 0 fully saturated rings. The molecule has 1 aromatic carbocycles. The molecule has 0 saturated carbocycles. The van der Waals surface area contributed by atoms with Crippen LogP contribution in [0.5, 0.6) is 5.75 Å². The number of alkyl halides is 1. The normalized spacial score (nSPS) is 12.1. The Labute approximate surface area is 119 Å². The Morgan fingerprint density at radius 2 is 2.16 bits per heavy atom. The highest BCUT2D eigenvalue weighted by molar-refractivity contribution is 6.29. The third-order valence-electron chi connectivity index (χ3n) is 2.82. The van der Waals surface area contributed by atoms with Gasteiger partial charge in [0, 0.05) is 6.61 Å². The van der Waals surface area contributed by atoms with Gasteiger partial charge >= 0.3 is 0 Å². The molecule has 0 aromatic heterocycles. The number of carbonyl (C=O) groups excluding carboxylic acids is 1.